The van der Waals surface area contributed by atoms with Crippen LogP contribution >= 0.6 is 11.3 Å². The smallest absolute Gasteiger partial charge is 0.245 e. The van der Waals surface area contributed by atoms with Gasteiger partial charge in [-0.15, -0.1) is 11.3 Å². The van der Waals surface area contributed by atoms with Crippen LogP contribution in [-0.4, -0.2) is 17.3 Å². The average molecular weight is 303 g/mol. The number of hydrogen-bond donors (Lipinski definition) is 0. The van der Waals surface area contributed by atoms with E-state index in [9.17, 15) is 30.7 Å². The molecule has 9 heteroatoms. The van der Waals surface area contributed by atoms with Gasteiger partial charge in [-0.25, -0.2) is 9.37 Å². The molecule has 0 bridgehead atoms. The maximum Gasteiger partial charge on any atom is 0.436 e. The van der Waals surface area contributed by atoms with Gasteiger partial charge >= 0.3 is 18.0 Å². The SMILES string of the molecule is FC(F)(F)C(F)(c1cccc2ncsc12)C(F)(F)F. The highest BCUT2D eigenvalue weighted by Crippen LogP contribution is 2.54. The lowest BCUT2D eigenvalue weighted by molar-refractivity contribution is -0.348. The summed E-state index contributed by atoms with van der Waals surface area (Å²) in [6.07, 6.45) is -12.2. The third-order valence-corrected chi connectivity index (χ3v) is 3.38. The molecule has 0 aliphatic carbocycles. The summed E-state index contributed by atoms with van der Waals surface area (Å²) in [7, 11) is 0. The molecule has 0 N–H and O–H groups in total. The van der Waals surface area contributed by atoms with Crippen molar-refractivity contribution in [2.45, 2.75) is 18.0 Å². The minimum absolute atomic E-state index is 0.113. The summed E-state index contributed by atoms with van der Waals surface area (Å²) in [5.74, 6) is 0. The number of rotatable bonds is 1. The van der Waals surface area contributed by atoms with E-state index in [1.54, 1.807) is 0 Å². The quantitative estimate of drug-likeness (QED) is 0.702. The van der Waals surface area contributed by atoms with Crippen molar-refractivity contribution in [3.63, 3.8) is 0 Å². The zero-order valence-electron chi connectivity index (χ0n) is 8.81. The van der Waals surface area contributed by atoms with Crippen LogP contribution in [0.15, 0.2) is 23.7 Å². The first-order valence-electron chi connectivity index (χ1n) is 4.74. The molecule has 0 aliphatic heterocycles. The van der Waals surface area contributed by atoms with E-state index < -0.39 is 28.3 Å². The number of nitrogens with zero attached hydrogens (tertiary/aromatic N) is 1. The maximum atomic E-state index is 13.9. The lowest BCUT2D eigenvalue weighted by Gasteiger charge is -2.30. The van der Waals surface area contributed by atoms with Gasteiger partial charge in [0.2, 0.25) is 0 Å². The van der Waals surface area contributed by atoms with Gasteiger partial charge in [-0.1, -0.05) is 12.1 Å². The second kappa shape index (κ2) is 4.06. The Balaban J connectivity index is 2.80. The minimum Gasteiger partial charge on any atom is -0.245 e. The first kappa shape index (κ1) is 14.0. The lowest BCUT2D eigenvalue weighted by Crippen LogP contribution is -2.50. The monoisotopic (exact) mass is 303 g/mol. The minimum atomic E-state index is -6.11. The molecule has 0 saturated carbocycles. The summed E-state index contributed by atoms with van der Waals surface area (Å²) < 4.78 is 89.1. The van der Waals surface area contributed by atoms with Gasteiger partial charge in [0.25, 0.3) is 0 Å². The summed E-state index contributed by atoms with van der Waals surface area (Å²) in [6.45, 7) is 0. The summed E-state index contributed by atoms with van der Waals surface area (Å²) in [5, 5.41) is 0. The average Bonchev–Trinajstić information content (AvgIpc) is 2.72. The summed E-state index contributed by atoms with van der Waals surface area (Å²) in [5.41, 5.74) is -5.95. The Hall–Kier alpha value is -1.38. The van der Waals surface area contributed by atoms with E-state index in [1.807, 2.05) is 0 Å². The summed E-state index contributed by atoms with van der Waals surface area (Å²) in [6, 6.07) is 2.59. The van der Waals surface area contributed by atoms with E-state index in [-0.39, 0.29) is 5.52 Å². The molecule has 0 unspecified atom stereocenters. The van der Waals surface area contributed by atoms with Crippen LogP contribution in [0, 0.1) is 0 Å². The first-order valence-corrected chi connectivity index (χ1v) is 5.62. The molecule has 104 valence electrons. The van der Waals surface area contributed by atoms with Crippen molar-refractivity contribution in [1.82, 2.24) is 4.98 Å². The number of halogens is 7. The molecule has 0 radical (unpaired) electrons. The lowest BCUT2D eigenvalue weighted by atomic mass is 9.94. The second-order valence-corrected chi connectivity index (χ2v) is 4.51. The van der Waals surface area contributed by atoms with Gasteiger partial charge in [0.1, 0.15) is 0 Å². The zero-order valence-corrected chi connectivity index (χ0v) is 9.63. The highest BCUT2D eigenvalue weighted by Gasteiger charge is 2.74. The molecular weight excluding hydrogens is 299 g/mol. The molecule has 1 heterocycles. The van der Waals surface area contributed by atoms with Crippen molar-refractivity contribution in [3.8, 4) is 0 Å². The third kappa shape index (κ3) is 1.96. The van der Waals surface area contributed by atoms with Crippen LogP contribution in [0.2, 0.25) is 0 Å². The molecule has 0 saturated heterocycles. The Kier molecular flexibility index (Phi) is 3.00. The van der Waals surface area contributed by atoms with E-state index in [1.165, 1.54) is 6.07 Å². The van der Waals surface area contributed by atoms with E-state index in [4.69, 9.17) is 0 Å². The van der Waals surface area contributed by atoms with E-state index in [0.29, 0.717) is 17.4 Å². The van der Waals surface area contributed by atoms with Gasteiger partial charge in [0, 0.05) is 5.56 Å². The number of hydrogen-bond acceptors (Lipinski definition) is 2. The standard InChI is InChI=1S/C10H4F7NS/c11-8(9(12,13)14,10(15,16)17)5-2-1-3-6-7(5)19-4-18-6/h1-4H. The van der Waals surface area contributed by atoms with Gasteiger partial charge in [-0.2, -0.15) is 26.3 Å². The Morgan fingerprint density at radius 1 is 0.895 bits per heavy atom. The third-order valence-electron chi connectivity index (χ3n) is 2.51. The maximum absolute atomic E-state index is 13.9. The molecule has 19 heavy (non-hydrogen) atoms. The van der Waals surface area contributed by atoms with Gasteiger partial charge < -0.3 is 0 Å². The fraction of sp³-hybridized carbons (Fsp3) is 0.300. The fourth-order valence-electron chi connectivity index (χ4n) is 1.62. The predicted molar refractivity (Wildman–Crippen MR) is 54.5 cm³/mol. The fourth-order valence-corrected chi connectivity index (χ4v) is 2.47. The number of aromatic nitrogens is 1. The predicted octanol–water partition coefficient (Wildman–Crippen LogP) is 4.59. The van der Waals surface area contributed by atoms with Gasteiger partial charge in [-0.3, -0.25) is 0 Å². The molecule has 1 aromatic carbocycles. The molecular formula is C10H4F7NS. The second-order valence-electron chi connectivity index (χ2n) is 3.66. The molecule has 2 aromatic rings. The van der Waals surface area contributed by atoms with Crippen molar-refractivity contribution in [2.75, 3.05) is 0 Å². The highest BCUT2D eigenvalue weighted by molar-refractivity contribution is 7.17. The van der Waals surface area contributed by atoms with Crippen LogP contribution in [0.3, 0.4) is 0 Å². The Bertz CT molecular complexity index is 584. The van der Waals surface area contributed by atoms with Crippen LogP contribution < -0.4 is 0 Å². The molecule has 1 aromatic heterocycles. The first-order chi connectivity index (χ1) is 8.59. The van der Waals surface area contributed by atoms with Crippen molar-refractivity contribution >= 4 is 21.6 Å². The van der Waals surface area contributed by atoms with E-state index in [2.05, 4.69) is 4.98 Å². The molecule has 1 nitrogen and oxygen atoms in total. The van der Waals surface area contributed by atoms with E-state index >= 15 is 0 Å². The highest BCUT2D eigenvalue weighted by atomic mass is 32.1. The van der Waals surface area contributed by atoms with E-state index in [0.717, 1.165) is 11.6 Å². The number of alkyl halides is 7. The zero-order chi connectivity index (χ0) is 14.5. The van der Waals surface area contributed by atoms with Gasteiger partial charge in [-0.05, 0) is 6.07 Å². The Morgan fingerprint density at radius 3 is 2.00 bits per heavy atom. The van der Waals surface area contributed by atoms with Crippen LogP contribution in [0.5, 0.6) is 0 Å². The molecule has 0 atom stereocenters. The van der Waals surface area contributed by atoms with Crippen LogP contribution in [-0.2, 0) is 5.67 Å². The van der Waals surface area contributed by atoms with Gasteiger partial charge in [0.15, 0.2) is 0 Å². The van der Waals surface area contributed by atoms with Crippen molar-refractivity contribution in [1.29, 1.82) is 0 Å². The molecule has 0 aliphatic rings. The van der Waals surface area contributed by atoms with Crippen LogP contribution in [0.4, 0.5) is 30.7 Å². The molecule has 2 rings (SSSR count). The van der Waals surface area contributed by atoms with Crippen molar-refractivity contribution in [2.24, 2.45) is 0 Å². The van der Waals surface area contributed by atoms with Crippen LogP contribution in [0.25, 0.3) is 10.2 Å². The van der Waals surface area contributed by atoms with Gasteiger partial charge in [0.05, 0.1) is 15.7 Å². The molecule has 0 fully saturated rings. The Morgan fingerprint density at radius 2 is 1.47 bits per heavy atom. The van der Waals surface area contributed by atoms with Crippen LogP contribution in [0.1, 0.15) is 5.56 Å². The van der Waals surface area contributed by atoms with Crippen molar-refractivity contribution < 1.29 is 30.7 Å². The summed E-state index contributed by atoms with van der Waals surface area (Å²) >= 11 is 0.522. The topological polar surface area (TPSA) is 12.9 Å². The number of benzene rings is 1. The Labute approximate surface area is 105 Å². The van der Waals surface area contributed by atoms with Crippen molar-refractivity contribution in [3.05, 3.63) is 29.3 Å². The number of thiazole rings is 1. The molecule has 0 amide bonds. The normalized spacial score (nSPS) is 14.1. The summed E-state index contributed by atoms with van der Waals surface area (Å²) in [4.78, 5) is 3.57. The molecule has 0 spiro atoms. The number of fused-ring (bicyclic) bond motifs is 1. The largest absolute Gasteiger partial charge is 0.436 e.